The minimum atomic E-state index is -0.674. The molecule has 142 valence electrons. The monoisotopic (exact) mass is 370 g/mol. The Morgan fingerprint density at radius 3 is 2.63 bits per heavy atom. The first-order valence-corrected chi connectivity index (χ1v) is 8.94. The standard InChI is InChI=1S/C20H23N3O4/c1-3-26-19(24)17-15(13-23(2)12-14-8-5-4-6-9-14)21-20(25)22-18(17)16-10-7-11-27-16/h4-11,18H,3,12-13H2,1-2H3,(H2,21,22,25)/p+1/t18-/m0/s1. The van der Waals surface area contributed by atoms with Gasteiger partial charge in [0.25, 0.3) is 0 Å². The van der Waals surface area contributed by atoms with Crippen molar-refractivity contribution in [2.45, 2.75) is 19.5 Å². The summed E-state index contributed by atoms with van der Waals surface area (Å²) < 4.78 is 10.7. The van der Waals surface area contributed by atoms with E-state index in [9.17, 15) is 9.59 Å². The lowest BCUT2D eigenvalue weighted by Gasteiger charge is -2.28. The van der Waals surface area contributed by atoms with Gasteiger partial charge in [0.1, 0.15) is 24.9 Å². The molecule has 1 aromatic heterocycles. The molecule has 0 saturated heterocycles. The zero-order valence-electron chi connectivity index (χ0n) is 15.5. The number of furan rings is 1. The van der Waals surface area contributed by atoms with Crippen LogP contribution in [-0.2, 0) is 16.1 Å². The molecule has 27 heavy (non-hydrogen) atoms. The van der Waals surface area contributed by atoms with E-state index in [1.165, 1.54) is 11.8 Å². The summed E-state index contributed by atoms with van der Waals surface area (Å²) in [7, 11) is 2.01. The highest BCUT2D eigenvalue weighted by molar-refractivity contribution is 5.95. The Balaban J connectivity index is 1.89. The highest BCUT2D eigenvalue weighted by atomic mass is 16.5. The van der Waals surface area contributed by atoms with Crippen molar-refractivity contribution in [2.24, 2.45) is 0 Å². The maximum absolute atomic E-state index is 12.6. The molecule has 1 aliphatic rings. The van der Waals surface area contributed by atoms with Gasteiger partial charge in [0, 0.05) is 5.56 Å². The highest BCUT2D eigenvalue weighted by Crippen LogP contribution is 2.27. The van der Waals surface area contributed by atoms with E-state index in [0.717, 1.165) is 11.4 Å². The van der Waals surface area contributed by atoms with Gasteiger partial charge in [0.15, 0.2) is 0 Å². The molecule has 0 radical (unpaired) electrons. The lowest BCUT2D eigenvalue weighted by Crippen LogP contribution is -3.08. The number of nitrogens with one attached hydrogen (secondary N) is 3. The van der Waals surface area contributed by atoms with Gasteiger partial charge in [-0.25, -0.2) is 9.59 Å². The van der Waals surface area contributed by atoms with Crippen LogP contribution in [0, 0.1) is 0 Å². The summed E-state index contributed by atoms with van der Waals surface area (Å²) in [5.74, 6) is 0.0278. The number of benzene rings is 1. The summed E-state index contributed by atoms with van der Waals surface area (Å²) >= 11 is 0. The number of hydrogen-bond acceptors (Lipinski definition) is 4. The number of ether oxygens (including phenoxy) is 1. The molecule has 7 nitrogen and oxygen atoms in total. The normalized spacial score (nSPS) is 17.9. The molecule has 3 rings (SSSR count). The van der Waals surface area contributed by atoms with Gasteiger partial charge in [0.2, 0.25) is 0 Å². The van der Waals surface area contributed by atoms with Crippen molar-refractivity contribution in [3.63, 3.8) is 0 Å². The van der Waals surface area contributed by atoms with Gasteiger partial charge in [0.05, 0.1) is 31.2 Å². The largest absolute Gasteiger partial charge is 0.467 e. The van der Waals surface area contributed by atoms with Gasteiger partial charge in [-0.15, -0.1) is 0 Å². The SMILES string of the molecule is CCOC(=O)C1=C(C[NH+](C)Cc2ccccc2)NC(=O)N[C@H]1c1ccco1. The lowest BCUT2D eigenvalue weighted by molar-refractivity contribution is -0.889. The van der Waals surface area contributed by atoms with Crippen LogP contribution in [0.1, 0.15) is 24.3 Å². The van der Waals surface area contributed by atoms with Gasteiger partial charge < -0.3 is 24.7 Å². The van der Waals surface area contributed by atoms with E-state index >= 15 is 0 Å². The first kappa shape index (κ1) is 18.7. The van der Waals surface area contributed by atoms with Crippen LogP contribution >= 0.6 is 0 Å². The summed E-state index contributed by atoms with van der Waals surface area (Å²) in [4.78, 5) is 25.9. The minimum Gasteiger partial charge on any atom is -0.467 e. The number of urea groups is 1. The molecule has 2 amide bonds. The van der Waals surface area contributed by atoms with E-state index in [1.54, 1.807) is 19.1 Å². The predicted molar refractivity (Wildman–Crippen MR) is 98.7 cm³/mol. The molecule has 2 aromatic rings. The van der Waals surface area contributed by atoms with E-state index in [2.05, 4.69) is 22.8 Å². The fraction of sp³-hybridized carbons (Fsp3) is 0.300. The third kappa shape index (κ3) is 4.57. The van der Waals surface area contributed by atoms with Crippen molar-refractivity contribution >= 4 is 12.0 Å². The van der Waals surface area contributed by atoms with Crippen molar-refractivity contribution in [1.29, 1.82) is 0 Å². The molecule has 3 N–H and O–H groups in total. The zero-order valence-corrected chi connectivity index (χ0v) is 15.5. The first-order chi connectivity index (χ1) is 13.1. The van der Waals surface area contributed by atoms with Gasteiger partial charge >= 0.3 is 12.0 Å². The van der Waals surface area contributed by atoms with E-state index in [-0.39, 0.29) is 12.6 Å². The fourth-order valence-electron chi connectivity index (χ4n) is 3.18. The molecule has 0 saturated carbocycles. The summed E-state index contributed by atoms with van der Waals surface area (Å²) in [6.45, 7) is 3.23. The van der Waals surface area contributed by atoms with Crippen molar-refractivity contribution in [2.75, 3.05) is 20.2 Å². The second-order valence-electron chi connectivity index (χ2n) is 6.46. The molecule has 0 fully saturated rings. The molecular formula is C20H24N3O4+. The smallest absolute Gasteiger partial charge is 0.338 e. The molecule has 2 atom stereocenters. The maximum Gasteiger partial charge on any atom is 0.338 e. The average molecular weight is 370 g/mol. The Hall–Kier alpha value is -3.06. The fourth-order valence-corrected chi connectivity index (χ4v) is 3.18. The predicted octanol–water partition coefficient (Wildman–Crippen LogP) is 1.17. The van der Waals surface area contributed by atoms with E-state index in [0.29, 0.717) is 23.6 Å². The van der Waals surface area contributed by atoms with Crippen LogP contribution in [0.5, 0.6) is 0 Å². The first-order valence-electron chi connectivity index (χ1n) is 8.94. The number of amides is 2. The van der Waals surface area contributed by atoms with Gasteiger partial charge in [-0.05, 0) is 19.1 Å². The topological polar surface area (TPSA) is 85.0 Å². The number of rotatable bonds is 7. The average Bonchev–Trinajstić information content (AvgIpc) is 3.16. The number of likely N-dealkylation sites (N-methyl/N-ethyl adjacent to an activating group) is 1. The third-order valence-electron chi connectivity index (χ3n) is 4.30. The molecule has 0 aliphatic carbocycles. The second-order valence-corrected chi connectivity index (χ2v) is 6.46. The number of carbonyl (C=O) groups excluding carboxylic acids is 2. The van der Waals surface area contributed by atoms with Crippen LogP contribution in [0.25, 0.3) is 0 Å². The highest BCUT2D eigenvalue weighted by Gasteiger charge is 2.36. The van der Waals surface area contributed by atoms with Crippen molar-refractivity contribution in [3.05, 3.63) is 71.3 Å². The van der Waals surface area contributed by atoms with Gasteiger partial charge in [-0.3, -0.25) is 0 Å². The van der Waals surface area contributed by atoms with Crippen LogP contribution in [0.15, 0.2) is 64.4 Å². The van der Waals surface area contributed by atoms with E-state index in [4.69, 9.17) is 9.15 Å². The number of hydrogen-bond donors (Lipinski definition) is 3. The van der Waals surface area contributed by atoms with Gasteiger partial charge in [-0.1, -0.05) is 30.3 Å². The Morgan fingerprint density at radius 1 is 1.19 bits per heavy atom. The zero-order chi connectivity index (χ0) is 19.2. The van der Waals surface area contributed by atoms with Crippen LogP contribution in [0.4, 0.5) is 4.79 Å². The molecule has 0 bridgehead atoms. The van der Waals surface area contributed by atoms with Crippen LogP contribution in [-0.4, -0.2) is 32.2 Å². The molecule has 7 heteroatoms. The van der Waals surface area contributed by atoms with Crippen LogP contribution in [0.2, 0.25) is 0 Å². The second kappa shape index (κ2) is 8.55. The Labute approximate surface area is 158 Å². The summed E-state index contributed by atoms with van der Waals surface area (Å²) in [6.07, 6.45) is 1.51. The lowest BCUT2D eigenvalue weighted by atomic mass is 10.00. The van der Waals surface area contributed by atoms with E-state index < -0.39 is 12.0 Å². The molecule has 0 spiro atoms. The van der Waals surface area contributed by atoms with Crippen molar-refractivity contribution < 1.29 is 23.6 Å². The van der Waals surface area contributed by atoms with Crippen molar-refractivity contribution in [3.8, 4) is 0 Å². The molecule has 1 unspecified atom stereocenters. The summed E-state index contributed by atoms with van der Waals surface area (Å²) in [5.41, 5.74) is 2.10. The maximum atomic E-state index is 12.6. The van der Waals surface area contributed by atoms with Crippen LogP contribution < -0.4 is 15.5 Å². The number of quaternary nitrogens is 1. The Bertz CT molecular complexity index is 815. The number of esters is 1. The minimum absolute atomic E-state index is 0.251. The summed E-state index contributed by atoms with van der Waals surface area (Å²) in [6, 6.07) is 12.5. The third-order valence-corrected chi connectivity index (χ3v) is 4.30. The van der Waals surface area contributed by atoms with Crippen LogP contribution in [0.3, 0.4) is 0 Å². The molecule has 2 heterocycles. The van der Waals surface area contributed by atoms with Crippen molar-refractivity contribution in [1.82, 2.24) is 10.6 Å². The quantitative estimate of drug-likeness (QED) is 0.639. The molecule has 1 aliphatic heterocycles. The number of carbonyl (C=O) groups is 2. The van der Waals surface area contributed by atoms with Gasteiger partial charge in [-0.2, -0.15) is 0 Å². The Kier molecular flexibility index (Phi) is 5.93. The van der Waals surface area contributed by atoms with E-state index in [1.807, 2.05) is 25.2 Å². The molecular weight excluding hydrogens is 346 g/mol. The molecule has 1 aromatic carbocycles. The Morgan fingerprint density at radius 2 is 1.96 bits per heavy atom. The summed E-state index contributed by atoms with van der Waals surface area (Å²) in [5, 5.41) is 5.53.